The third-order valence-electron chi connectivity index (χ3n) is 1.14. The Labute approximate surface area is 98.2 Å². The summed E-state index contributed by atoms with van der Waals surface area (Å²) in [5.74, 6) is 0. The molecule has 0 fully saturated rings. The summed E-state index contributed by atoms with van der Waals surface area (Å²) in [6, 6.07) is 5.66. The molecule has 0 aromatic heterocycles. The van der Waals surface area contributed by atoms with Gasteiger partial charge in [-0.3, -0.25) is 0 Å². The van der Waals surface area contributed by atoms with E-state index in [2.05, 4.69) is 0 Å². The van der Waals surface area contributed by atoms with Gasteiger partial charge in [-0.25, -0.2) is 13.6 Å². The minimum absolute atomic E-state index is 0. The van der Waals surface area contributed by atoms with E-state index in [0.717, 1.165) is 0 Å². The zero-order valence-electron chi connectivity index (χ0n) is 5.49. The van der Waals surface area contributed by atoms with E-state index in [1.807, 2.05) is 0 Å². The van der Waals surface area contributed by atoms with Crippen molar-refractivity contribution in [1.82, 2.24) is 0 Å². The van der Waals surface area contributed by atoms with Crippen LogP contribution in [-0.4, -0.2) is 38.0 Å². The molecule has 0 saturated carbocycles. The SMILES string of the molecule is NS(=O)(=O)c1ccc(Cl)cc1.[NaH]. The summed E-state index contributed by atoms with van der Waals surface area (Å²) in [7, 11) is -3.58. The molecule has 0 unspecified atom stereocenters. The van der Waals surface area contributed by atoms with Gasteiger partial charge in [0.05, 0.1) is 4.90 Å². The van der Waals surface area contributed by atoms with Crippen molar-refractivity contribution in [3.05, 3.63) is 29.3 Å². The predicted molar refractivity (Wildman–Crippen MR) is 50.0 cm³/mol. The molecule has 1 aromatic carbocycles. The van der Waals surface area contributed by atoms with Gasteiger partial charge in [0.15, 0.2) is 0 Å². The number of benzene rings is 1. The molecule has 1 rings (SSSR count). The van der Waals surface area contributed by atoms with E-state index in [-0.39, 0.29) is 34.5 Å². The Morgan fingerprint density at radius 2 is 1.58 bits per heavy atom. The second-order valence-corrected chi connectivity index (χ2v) is 4.00. The van der Waals surface area contributed by atoms with Gasteiger partial charge >= 0.3 is 29.6 Å². The van der Waals surface area contributed by atoms with Crippen LogP contribution < -0.4 is 5.14 Å². The maximum atomic E-state index is 10.7. The number of hydrogen-bond acceptors (Lipinski definition) is 2. The summed E-state index contributed by atoms with van der Waals surface area (Å²) in [4.78, 5) is 0.0712. The standard InChI is InChI=1S/C6H6ClNO2S.Na.H/c7-5-1-3-6(4-2-5)11(8,9)10;;/h1-4H,(H2,8,9,10);;. The van der Waals surface area contributed by atoms with Gasteiger partial charge < -0.3 is 0 Å². The van der Waals surface area contributed by atoms with Gasteiger partial charge in [-0.05, 0) is 24.3 Å². The summed E-state index contributed by atoms with van der Waals surface area (Å²) in [5, 5.41) is 5.32. The Bertz CT molecular complexity index is 348. The van der Waals surface area contributed by atoms with Crippen LogP contribution in [0.3, 0.4) is 0 Å². The first-order valence-corrected chi connectivity index (χ1v) is 4.71. The second-order valence-electron chi connectivity index (χ2n) is 2.00. The van der Waals surface area contributed by atoms with Crippen molar-refractivity contribution in [2.75, 3.05) is 0 Å². The van der Waals surface area contributed by atoms with Gasteiger partial charge in [-0.1, -0.05) is 11.6 Å². The van der Waals surface area contributed by atoms with Crippen molar-refractivity contribution in [1.29, 1.82) is 0 Å². The fraction of sp³-hybridized carbons (Fsp3) is 0. The Hall–Kier alpha value is 0.420. The Balaban J connectivity index is 0.00000121. The molecule has 0 amide bonds. The van der Waals surface area contributed by atoms with Crippen LogP contribution in [-0.2, 0) is 10.0 Å². The van der Waals surface area contributed by atoms with E-state index in [1.54, 1.807) is 0 Å². The van der Waals surface area contributed by atoms with Gasteiger partial charge in [-0.15, -0.1) is 0 Å². The normalized spacial score (nSPS) is 10.5. The summed E-state index contributed by atoms with van der Waals surface area (Å²) >= 11 is 5.53. The molecule has 6 heteroatoms. The topological polar surface area (TPSA) is 60.2 Å². The van der Waals surface area contributed by atoms with Crippen LogP contribution in [0.4, 0.5) is 0 Å². The number of sulfonamides is 1. The van der Waals surface area contributed by atoms with Crippen LogP contribution in [0.2, 0.25) is 5.02 Å². The van der Waals surface area contributed by atoms with Crippen molar-refractivity contribution < 1.29 is 8.42 Å². The van der Waals surface area contributed by atoms with Crippen LogP contribution in [0.15, 0.2) is 29.2 Å². The van der Waals surface area contributed by atoms with Crippen LogP contribution in [0.5, 0.6) is 0 Å². The number of nitrogens with two attached hydrogens (primary N) is 1. The Kier molecular flexibility index (Phi) is 4.76. The van der Waals surface area contributed by atoms with Gasteiger partial charge in [0, 0.05) is 5.02 Å². The van der Waals surface area contributed by atoms with Crippen molar-refractivity contribution in [3.63, 3.8) is 0 Å². The molecular weight excluding hydrogens is 209 g/mol. The molecule has 0 aliphatic carbocycles. The minimum atomic E-state index is -3.58. The zero-order valence-corrected chi connectivity index (χ0v) is 7.06. The van der Waals surface area contributed by atoms with E-state index in [9.17, 15) is 8.42 Å². The number of primary sulfonamides is 1. The average Bonchev–Trinajstić information content (AvgIpc) is 1.86. The molecule has 0 saturated heterocycles. The molecular formula is C6H7ClNNaO2S. The quantitative estimate of drug-likeness (QED) is 0.687. The van der Waals surface area contributed by atoms with Gasteiger partial charge in [0.2, 0.25) is 10.0 Å². The summed E-state index contributed by atoms with van der Waals surface area (Å²) in [5.41, 5.74) is 0. The number of halogens is 1. The van der Waals surface area contributed by atoms with Crippen LogP contribution >= 0.6 is 11.6 Å². The van der Waals surface area contributed by atoms with Crippen molar-refractivity contribution >= 4 is 51.2 Å². The van der Waals surface area contributed by atoms with Crippen molar-refractivity contribution in [3.8, 4) is 0 Å². The summed E-state index contributed by atoms with van der Waals surface area (Å²) in [6.45, 7) is 0. The fourth-order valence-electron chi connectivity index (χ4n) is 0.624. The Morgan fingerprint density at radius 1 is 1.17 bits per heavy atom. The first-order valence-electron chi connectivity index (χ1n) is 2.78. The molecule has 2 N–H and O–H groups in total. The van der Waals surface area contributed by atoms with Crippen molar-refractivity contribution in [2.45, 2.75) is 4.90 Å². The molecule has 12 heavy (non-hydrogen) atoms. The fourth-order valence-corrected chi connectivity index (χ4v) is 1.27. The third kappa shape index (κ3) is 3.43. The number of rotatable bonds is 1. The first-order chi connectivity index (χ1) is 5.00. The molecule has 62 valence electrons. The second kappa shape index (κ2) is 4.60. The molecule has 0 bridgehead atoms. The number of hydrogen-bond donors (Lipinski definition) is 1. The molecule has 0 aliphatic rings. The van der Waals surface area contributed by atoms with Gasteiger partial charge in [0.25, 0.3) is 0 Å². The van der Waals surface area contributed by atoms with Crippen LogP contribution in [0.1, 0.15) is 0 Å². The summed E-state index contributed by atoms with van der Waals surface area (Å²) in [6.07, 6.45) is 0. The van der Waals surface area contributed by atoms with E-state index in [1.165, 1.54) is 24.3 Å². The van der Waals surface area contributed by atoms with E-state index in [4.69, 9.17) is 16.7 Å². The average molecular weight is 216 g/mol. The van der Waals surface area contributed by atoms with Crippen LogP contribution in [0, 0.1) is 0 Å². The van der Waals surface area contributed by atoms with E-state index >= 15 is 0 Å². The monoisotopic (exact) mass is 215 g/mol. The summed E-state index contributed by atoms with van der Waals surface area (Å²) < 4.78 is 21.4. The van der Waals surface area contributed by atoms with E-state index in [0.29, 0.717) is 5.02 Å². The maximum absolute atomic E-state index is 10.7. The molecule has 1 aromatic rings. The third-order valence-corrected chi connectivity index (χ3v) is 2.32. The van der Waals surface area contributed by atoms with Crippen LogP contribution in [0.25, 0.3) is 0 Å². The molecule has 0 spiro atoms. The molecule has 0 atom stereocenters. The predicted octanol–water partition coefficient (Wildman–Crippen LogP) is 0.339. The zero-order chi connectivity index (χ0) is 8.48. The molecule has 0 aliphatic heterocycles. The van der Waals surface area contributed by atoms with Crippen molar-refractivity contribution in [2.24, 2.45) is 5.14 Å². The molecule has 0 radical (unpaired) electrons. The van der Waals surface area contributed by atoms with Gasteiger partial charge in [-0.2, -0.15) is 0 Å². The molecule has 3 nitrogen and oxygen atoms in total. The Morgan fingerprint density at radius 3 is 1.92 bits per heavy atom. The van der Waals surface area contributed by atoms with Gasteiger partial charge in [0.1, 0.15) is 0 Å². The molecule has 0 heterocycles. The first kappa shape index (κ1) is 12.4. The van der Waals surface area contributed by atoms with E-state index < -0.39 is 10.0 Å².